The van der Waals surface area contributed by atoms with Crippen molar-refractivity contribution < 1.29 is 9.53 Å². The molecule has 0 heterocycles. The fraction of sp³-hybridized carbons (Fsp3) is 0.933. The van der Waals surface area contributed by atoms with Crippen LogP contribution in [0.15, 0.2) is 0 Å². The third-order valence-electron chi connectivity index (χ3n) is 4.20. The van der Waals surface area contributed by atoms with Crippen LogP contribution in [-0.2, 0) is 9.53 Å². The lowest BCUT2D eigenvalue weighted by Gasteiger charge is -2.23. The van der Waals surface area contributed by atoms with Gasteiger partial charge in [-0.2, -0.15) is 0 Å². The molecule has 0 amide bonds. The van der Waals surface area contributed by atoms with Crippen LogP contribution in [0.1, 0.15) is 66.2 Å². The van der Waals surface area contributed by atoms with Gasteiger partial charge in [0.25, 0.3) is 0 Å². The van der Waals surface area contributed by atoms with Gasteiger partial charge < -0.3 is 4.74 Å². The van der Waals surface area contributed by atoms with Gasteiger partial charge in [-0.15, -0.1) is 0 Å². The van der Waals surface area contributed by atoms with Crippen LogP contribution < -0.4 is 0 Å². The summed E-state index contributed by atoms with van der Waals surface area (Å²) in [6.07, 6.45) is 6.52. The second kappa shape index (κ2) is 6.42. The monoisotopic (exact) mass is 240 g/mol. The highest BCUT2D eigenvalue weighted by atomic mass is 16.5. The molecular weight excluding hydrogens is 212 g/mol. The molecule has 0 N–H and O–H groups in total. The van der Waals surface area contributed by atoms with Gasteiger partial charge in [0, 0.05) is 0 Å². The molecule has 0 bridgehead atoms. The maximum atomic E-state index is 12.1. The molecule has 1 rings (SSSR count). The summed E-state index contributed by atoms with van der Waals surface area (Å²) in [5, 5.41) is 0. The Balaban J connectivity index is 2.36. The van der Waals surface area contributed by atoms with Crippen molar-refractivity contribution in [1.82, 2.24) is 0 Å². The minimum absolute atomic E-state index is 0.0387. The van der Waals surface area contributed by atoms with Crippen LogP contribution in [-0.4, -0.2) is 12.6 Å². The number of esters is 1. The largest absolute Gasteiger partial charge is 0.465 e. The molecule has 2 atom stereocenters. The van der Waals surface area contributed by atoms with Crippen LogP contribution in [0.3, 0.4) is 0 Å². The number of rotatable bonds is 6. The summed E-state index contributed by atoms with van der Waals surface area (Å²) in [6.45, 7) is 9.35. The predicted molar refractivity (Wildman–Crippen MR) is 70.8 cm³/mol. The number of carbonyl (C=O) groups is 1. The van der Waals surface area contributed by atoms with Gasteiger partial charge in [0.05, 0.1) is 12.0 Å². The first-order valence-corrected chi connectivity index (χ1v) is 7.17. The Morgan fingerprint density at radius 2 is 2.12 bits per heavy atom. The Morgan fingerprint density at radius 1 is 1.41 bits per heavy atom. The summed E-state index contributed by atoms with van der Waals surface area (Å²) in [5.74, 6) is 1.42. The minimum Gasteiger partial charge on any atom is -0.465 e. The van der Waals surface area contributed by atoms with E-state index in [9.17, 15) is 4.79 Å². The average molecular weight is 240 g/mol. The molecule has 0 aromatic rings. The SMILES string of the molecule is CCCCCOC(=O)C1(C)CCC(C(C)C)C1. The standard InChI is InChI=1S/C15H28O2/c1-5-6-7-10-17-14(16)15(4)9-8-13(11-15)12(2)3/h12-13H,5-11H2,1-4H3. The summed E-state index contributed by atoms with van der Waals surface area (Å²) in [7, 11) is 0. The first kappa shape index (κ1) is 14.5. The molecule has 2 nitrogen and oxygen atoms in total. The smallest absolute Gasteiger partial charge is 0.311 e. The van der Waals surface area contributed by atoms with Gasteiger partial charge >= 0.3 is 5.97 Å². The molecular formula is C15H28O2. The van der Waals surface area contributed by atoms with E-state index in [0.717, 1.165) is 25.7 Å². The zero-order valence-electron chi connectivity index (χ0n) is 11.9. The number of ether oxygens (including phenoxy) is 1. The summed E-state index contributed by atoms with van der Waals surface area (Å²) >= 11 is 0. The van der Waals surface area contributed by atoms with Crippen molar-refractivity contribution in [1.29, 1.82) is 0 Å². The first-order chi connectivity index (χ1) is 7.99. The third-order valence-corrected chi connectivity index (χ3v) is 4.20. The molecule has 1 saturated carbocycles. The summed E-state index contributed by atoms with van der Waals surface area (Å²) in [4.78, 5) is 12.1. The Bertz CT molecular complexity index is 247. The van der Waals surface area contributed by atoms with Crippen LogP contribution in [0, 0.1) is 17.3 Å². The van der Waals surface area contributed by atoms with E-state index in [2.05, 4.69) is 27.7 Å². The first-order valence-electron chi connectivity index (χ1n) is 7.17. The van der Waals surface area contributed by atoms with E-state index in [1.165, 1.54) is 12.8 Å². The van der Waals surface area contributed by atoms with Crippen molar-refractivity contribution in [2.75, 3.05) is 6.61 Å². The summed E-state index contributed by atoms with van der Waals surface area (Å²) in [5.41, 5.74) is -0.207. The molecule has 0 saturated heterocycles. The molecule has 1 aliphatic carbocycles. The molecule has 0 aromatic carbocycles. The number of hydrogen-bond acceptors (Lipinski definition) is 2. The van der Waals surface area contributed by atoms with Crippen LogP contribution in [0.25, 0.3) is 0 Å². The van der Waals surface area contributed by atoms with E-state index in [-0.39, 0.29) is 11.4 Å². The molecule has 1 aliphatic rings. The Kier molecular flexibility index (Phi) is 5.48. The van der Waals surface area contributed by atoms with Crippen LogP contribution in [0.5, 0.6) is 0 Å². The van der Waals surface area contributed by atoms with Crippen molar-refractivity contribution in [3.8, 4) is 0 Å². The van der Waals surface area contributed by atoms with E-state index in [4.69, 9.17) is 4.74 Å². The number of carbonyl (C=O) groups excluding carboxylic acids is 1. The van der Waals surface area contributed by atoms with Gasteiger partial charge in [-0.25, -0.2) is 0 Å². The quantitative estimate of drug-likeness (QED) is 0.514. The Morgan fingerprint density at radius 3 is 2.65 bits per heavy atom. The fourth-order valence-corrected chi connectivity index (χ4v) is 2.73. The predicted octanol–water partition coefficient (Wildman–Crippen LogP) is 4.18. The molecule has 0 aliphatic heterocycles. The highest BCUT2D eigenvalue weighted by molar-refractivity contribution is 5.76. The lowest BCUT2D eigenvalue weighted by Crippen LogP contribution is -2.28. The van der Waals surface area contributed by atoms with E-state index in [1.807, 2.05) is 0 Å². The number of unbranched alkanes of at least 4 members (excludes halogenated alkanes) is 2. The lowest BCUT2D eigenvalue weighted by molar-refractivity contribution is -0.155. The highest BCUT2D eigenvalue weighted by Crippen LogP contribution is 2.45. The highest BCUT2D eigenvalue weighted by Gasteiger charge is 2.43. The van der Waals surface area contributed by atoms with Crippen molar-refractivity contribution >= 4 is 5.97 Å². The van der Waals surface area contributed by atoms with Crippen molar-refractivity contribution in [2.24, 2.45) is 17.3 Å². The zero-order valence-corrected chi connectivity index (χ0v) is 11.9. The van der Waals surface area contributed by atoms with Crippen molar-refractivity contribution in [2.45, 2.75) is 66.2 Å². The van der Waals surface area contributed by atoms with Crippen LogP contribution in [0.4, 0.5) is 0 Å². The molecule has 100 valence electrons. The van der Waals surface area contributed by atoms with Gasteiger partial charge in [-0.1, -0.05) is 33.6 Å². The summed E-state index contributed by atoms with van der Waals surface area (Å²) in [6, 6.07) is 0. The van der Waals surface area contributed by atoms with E-state index < -0.39 is 0 Å². The normalized spacial score (nSPS) is 28.6. The molecule has 2 heteroatoms. The maximum Gasteiger partial charge on any atom is 0.311 e. The van der Waals surface area contributed by atoms with Crippen molar-refractivity contribution in [3.05, 3.63) is 0 Å². The van der Waals surface area contributed by atoms with Gasteiger partial charge in [-0.05, 0) is 44.4 Å². The van der Waals surface area contributed by atoms with Crippen molar-refractivity contribution in [3.63, 3.8) is 0 Å². The molecule has 2 unspecified atom stereocenters. The van der Waals surface area contributed by atoms with Crippen LogP contribution >= 0.6 is 0 Å². The van der Waals surface area contributed by atoms with Crippen LogP contribution in [0.2, 0.25) is 0 Å². The molecule has 17 heavy (non-hydrogen) atoms. The van der Waals surface area contributed by atoms with Gasteiger partial charge in [-0.3, -0.25) is 4.79 Å². The van der Waals surface area contributed by atoms with Gasteiger partial charge in [0.2, 0.25) is 0 Å². The summed E-state index contributed by atoms with van der Waals surface area (Å²) < 4.78 is 5.42. The Labute approximate surface area is 106 Å². The Hall–Kier alpha value is -0.530. The van der Waals surface area contributed by atoms with Gasteiger partial charge in [0.15, 0.2) is 0 Å². The van der Waals surface area contributed by atoms with E-state index in [1.54, 1.807) is 0 Å². The minimum atomic E-state index is -0.207. The second-order valence-electron chi connectivity index (χ2n) is 6.15. The second-order valence-corrected chi connectivity index (χ2v) is 6.15. The van der Waals surface area contributed by atoms with E-state index >= 15 is 0 Å². The maximum absolute atomic E-state index is 12.1. The molecule has 0 aromatic heterocycles. The number of hydrogen-bond donors (Lipinski definition) is 0. The fourth-order valence-electron chi connectivity index (χ4n) is 2.73. The van der Waals surface area contributed by atoms with E-state index in [0.29, 0.717) is 18.4 Å². The topological polar surface area (TPSA) is 26.3 Å². The molecule has 1 fully saturated rings. The molecule has 0 spiro atoms. The van der Waals surface area contributed by atoms with Gasteiger partial charge in [0.1, 0.15) is 0 Å². The third kappa shape index (κ3) is 4.01. The zero-order chi connectivity index (χ0) is 12.9. The lowest BCUT2D eigenvalue weighted by atomic mass is 9.85. The average Bonchev–Trinajstić information content (AvgIpc) is 2.68. The molecule has 0 radical (unpaired) electrons.